The first-order valence-electron chi connectivity index (χ1n) is 17.4. The lowest BCUT2D eigenvalue weighted by Crippen LogP contribution is -2.01. The monoisotopic (exact) mass is 681 g/mol. The summed E-state index contributed by atoms with van der Waals surface area (Å²) in [6.45, 7) is 0. The van der Waals surface area contributed by atoms with Crippen LogP contribution in [-0.2, 0) is 0 Å². The minimum Gasteiger partial charge on any atom is -0.456 e. The van der Waals surface area contributed by atoms with Crippen LogP contribution in [-0.4, -0.2) is 15.0 Å². The molecular formula is C47H27N3OS. The summed E-state index contributed by atoms with van der Waals surface area (Å²) in [4.78, 5) is 15.6. The number of furan rings is 1. The van der Waals surface area contributed by atoms with Crippen molar-refractivity contribution in [1.29, 1.82) is 0 Å². The van der Waals surface area contributed by atoms with Crippen LogP contribution in [0.15, 0.2) is 168 Å². The van der Waals surface area contributed by atoms with Crippen LogP contribution in [0.4, 0.5) is 0 Å². The minimum absolute atomic E-state index is 0.640. The summed E-state index contributed by atoms with van der Waals surface area (Å²) in [6.07, 6.45) is 0. The SMILES string of the molecule is c1ccc(-c2nc(-c3ccc(-c4cccc5oc6cc7ccccc7cc6c45)c4ccccc34)nc(-c3cccc4sc5ccccc5c34)n2)cc1. The van der Waals surface area contributed by atoms with Crippen LogP contribution in [0.3, 0.4) is 0 Å². The van der Waals surface area contributed by atoms with E-state index in [-0.39, 0.29) is 0 Å². The molecule has 0 aliphatic heterocycles. The average molecular weight is 682 g/mol. The number of rotatable bonds is 4. The van der Waals surface area contributed by atoms with Gasteiger partial charge in [0.2, 0.25) is 0 Å². The molecule has 0 fully saturated rings. The Morgan fingerprint density at radius 1 is 0.365 bits per heavy atom. The van der Waals surface area contributed by atoms with E-state index in [2.05, 4.69) is 146 Å². The Labute approximate surface area is 302 Å². The Hall–Kier alpha value is -6.69. The first-order valence-corrected chi connectivity index (χ1v) is 18.2. The van der Waals surface area contributed by atoms with Crippen molar-refractivity contribution in [3.63, 3.8) is 0 Å². The van der Waals surface area contributed by atoms with Crippen molar-refractivity contribution in [1.82, 2.24) is 15.0 Å². The molecule has 0 bridgehead atoms. The third kappa shape index (κ3) is 4.50. The molecule has 0 amide bonds. The van der Waals surface area contributed by atoms with Gasteiger partial charge in [-0.1, -0.05) is 127 Å². The molecular weight excluding hydrogens is 655 g/mol. The van der Waals surface area contributed by atoms with E-state index in [4.69, 9.17) is 19.4 Å². The number of benzene rings is 8. The smallest absolute Gasteiger partial charge is 0.164 e. The summed E-state index contributed by atoms with van der Waals surface area (Å²) in [5, 5.41) is 9.17. The highest BCUT2D eigenvalue weighted by atomic mass is 32.1. The van der Waals surface area contributed by atoms with Crippen molar-refractivity contribution in [3.8, 4) is 45.3 Å². The number of hydrogen-bond acceptors (Lipinski definition) is 5. The minimum atomic E-state index is 0.640. The van der Waals surface area contributed by atoms with Gasteiger partial charge >= 0.3 is 0 Å². The second kappa shape index (κ2) is 11.4. The Bertz CT molecular complexity index is 3200. The first-order chi connectivity index (χ1) is 25.8. The molecule has 52 heavy (non-hydrogen) atoms. The molecule has 0 spiro atoms. The Kier molecular flexibility index (Phi) is 6.39. The van der Waals surface area contributed by atoms with E-state index < -0.39 is 0 Å². The standard InChI is InChI=1S/C47H27N3OS/c1-2-12-28(13-3-1)45-48-46(50-47(49-45)37-20-11-23-42-44(37)36-18-8-9-22-41(36)52-42)35-25-24-33(31-16-6-7-17-32(31)35)34-19-10-21-39-43(34)38-26-29-14-4-5-15-30(29)27-40(38)51-39/h1-27H. The highest BCUT2D eigenvalue weighted by Gasteiger charge is 2.20. The molecule has 8 aromatic carbocycles. The maximum absolute atomic E-state index is 6.46. The molecule has 0 N–H and O–H groups in total. The molecule has 0 radical (unpaired) electrons. The van der Waals surface area contributed by atoms with Gasteiger partial charge in [-0.2, -0.15) is 0 Å². The molecule has 0 aliphatic carbocycles. The third-order valence-corrected chi connectivity index (χ3v) is 11.3. The molecule has 4 nitrogen and oxygen atoms in total. The van der Waals surface area contributed by atoms with Gasteiger partial charge in [-0.25, -0.2) is 15.0 Å². The highest BCUT2D eigenvalue weighted by molar-refractivity contribution is 7.25. The van der Waals surface area contributed by atoms with Crippen molar-refractivity contribution in [2.75, 3.05) is 0 Å². The Balaban J connectivity index is 1.15. The molecule has 0 saturated heterocycles. The molecule has 242 valence electrons. The maximum atomic E-state index is 6.46. The van der Waals surface area contributed by atoms with E-state index in [1.165, 1.54) is 30.9 Å². The zero-order chi connectivity index (χ0) is 34.2. The Morgan fingerprint density at radius 2 is 0.981 bits per heavy atom. The fraction of sp³-hybridized carbons (Fsp3) is 0. The van der Waals surface area contributed by atoms with Crippen LogP contribution in [0, 0.1) is 0 Å². The molecule has 0 saturated carbocycles. The largest absolute Gasteiger partial charge is 0.456 e. The van der Waals surface area contributed by atoms with E-state index >= 15 is 0 Å². The van der Waals surface area contributed by atoms with E-state index in [9.17, 15) is 0 Å². The summed E-state index contributed by atoms with van der Waals surface area (Å²) >= 11 is 1.80. The van der Waals surface area contributed by atoms with Crippen molar-refractivity contribution in [2.45, 2.75) is 0 Å². The zero-order valence-electron chi connectivity index (χ0n) is 27.7. The predicted molar refractivity (Wildman–Crippen MR) is 217 cm³/mol. The maximum Gasteiger partial charge on any atom is 0.164 e. The van der Waals surface area contributed by atoms with Gasteiger partial charge in [0.05, 0.1) is 0 Å². The van der Waals surface area contributed by atoms with Gasteiger partial charge in [0.1, 0.15) is 11.2 Å². The quantitative estimate of drug-likeness (QED) is 0.185. The normalized spacial score (nSPS) is 11.8. The highest BCUT2D eigenvalue weighted by Crippen LogP contribution is 2.43. The van der Waals surface area contributed by atoms with Gasteiger partial charge < -0.3 is 4.42 Å². The summed E-state index contributed by atoms with van der Waals surface area (Å²) in [5.41, 5.74) is 6.93. The summed E-state index contributed by atoms with van der Waals surface area (Å²) in [7, 11) is 0. The molecule has 3 aromatic heterocycles. The molecule has 11 aromatic rings. The van der Waals surface area contributed by atoms with Crippen LogP contribution in [0.25, 0.3) is 109 Å². The van der Waals surface area contributed by atoms with E-state index in [1.807, 2.05) is 18.2 Å². The number of aromatic nitrogens is 3. The number of hydrogen-bond donors (Lipinski definition) is 0. The van der Waals surface area contributed by atoms with Gasteiger partial charge in [0.25, 0.3) is 0 Å². The van der Waals surface area contributed by atoms with Gasteiger partial charge in [0.15, 0.2) is 17.5 Å². The van der Waals surface area contributed by atoms with Crippen molar-refractivity contribution < 1.29 is 4.42 Å². The fourth-order valence-electron chi connectivity index (χ4n) is 7.76. The zero-order valence-corrected chi connectivity index (χ0v) is 28.6. The first kappa shape index (κ1) is 29.1. The molecule has 3 heterocycles. The average Bonchev–Trinajstić information content (AvgIpc) is 3.78. The van der Waals surface area contributed by atoms with E-state index in [0.717, 1.165) is 60.5 Å². The van der Waals surface area contributed by atoms with Gasteiger partial charge in [-0.3, -0.25) is 0 Å². The lowest BCUT2D eigenvalue weighted by atomic mass is 9.92. The van der Waals surface area contributed by atoms with Crippen LogP contribution in [0.1, 0.15) is 0 Å². The van der Waals surface area contributed by atoms with Crippen molar-refractivity contribution >= 4 is 75.0 Å². The summed E-state index contributed by atoms with van der Waals surface area (Å²) in [6, 6.07) is 57.3. The van der Waals surface area contributed by atoms with Crippen LogP contribution < -0.4 is 0 Å². The van der Waals surface area contributed by atoms with Gasteiger partial charge in [0, 0.05) is 47.6 Å². The van der Waals surface area contributed by atoms with Crippen molar-refractivity contribution in [2.24, 2.45) is 0 Å². The van der Waals surface area contributed by atoms with Crippen molar-refractivity contribution in [3.05, 3.63) is 164 Å². The van der Waals surface area contributed by atoms with E-state index in [1.54, 1.807) is 11.3 Å². The predicted octanol–water partition coefficient (Wildman–Crippen LogP) is 13.1. The second-order valence-electron chi connectivity index (χ2n) is 13.1. The van der Waals surface area contributed by atoms with Crippen LogP contribution >= 0.6 is 11.3 Å². The van der Waals surface area contributed by atoms with Gasteiger partial charge in [-0.05, 0) is 69.1 Å². The molecule has 5 heteroatoms. The second-order valence-corrected chi connectivity index (χ2v) is 14.2. The summed E-state index contributed by atoms with van der Waals surface area (Å²) < 4.78 is 8.92. The molecule has 0 aliphatic rings. The molecule has 11 rings (SSSR count). The summed E-state index contributed by atoms with van der Waals surface area (Å²) in [5.74, 6) is 1.95. The third-order valence-electron chi connectivity index (χ3n) is 10.1. The lowest BCUT2D eigenvalue weighted by molar-refractivity contribution is 0.669. The lowest BCUT2D eigenvalue weighted by Gasteiger charge is -2.14. The van der Waals surface area contributed by atoms with E-state index in [0.29, 0.717) is 17.5 Å². The van der Waals surface area contributed by atoms with Crippen LogP contribution in [0.5, 0.6) is 0 Å². The Morgan fingerprint density at radius 3 is 1.83 bits per heavy atom. The topological polar surface area (TPSA) is 51.8 Å². The fourth-order valence-corrected chi connectivity index (χ4v) is 8.89. The molecule has 0 atom stereocenters. The number of nitrogens with zero attached hydrogens (tertiary/aromatic N) is 3. The molecule has 0 unspecified atom stereocenters. The van der Waals surface area contributed by atoms with Gasteiger partial charge in [-0.15, -0.1) is 11.3 Å². The number of thiophene rings is 1. The number of fused-ring (bicyclic) bond motifs is 8. The van der Waals surface area contributed by atoms with Crippen LogP contribution in [0.2, 0.25) is 0 Å².